The van der Waals surface area contributed by atoms with Gasteiger partial charge in [0.2, 0.25) is 15.9 Å². The van der Waals surface area contributed by atoms with Crippen molar-refractivity contribution in [2.24, 2.45) is 0 Å². The molecule has 0 spiro atoms. The van der Waals surface area contributed by atoms with Crippen LogP contribution in [0.4, 0.5) is 0 Å². The van der Waals surface area contributed by atoms with E-state index in [1.54, 1.807) is 0 Å². The Morgan fingerprint density at radius 3 is 2.42 bits per heavy atom. The average Bonchev–Trinajstić information content (AvgIpc) is 2.83. The quantitative estimate of drug-likeness (QED) is 0.546. The normalized spacial score (nSPS) is 16.1. The van der Waals surface area contributed by atoms with Crippen LogP contribution in [0.15, 0.2) is 77.7 Å². The van der Waals surface area contributed by atoms with E-state index >= 15 is 0 Å². The number of hydrogen-bond donors (Lipinski definition) is 1. The number of amides is 1. The van der Waals surface area contributed by atoms with Crippen molar-refractivity contribution in [2.75, 3.05) is 6.61 Å². The van der Waals surface area contributed by atoms with Crippen LogP contribution in [0.1, 0.15) is 23.6 Å². The van der Waals surface area contributed by atoms with E-state index in [0.717, 1.165) is 16.7 Å². The lowest BCUT2D eigenvalue weighted by atomic mass is 9.95. The van der Waals surface area contributed by atoms with Gasteiger partial charge in [-0.1, -0.05) is 54.1 Å². The van der Waals surface area contributed by atoms with Crippen molar-refractivity contribution in [3.8, 4) is 5.75 Å². The molecule has 1 atom stereocenters. The Labute approximate surface area is 199 Å². The van der Waals surface area contributed by atoms with Gasteiger partial charge in [0.05, 0.1) is 11.5 Å². The minimum Gasteiger partial charge on any atom is -0.494 e. The Hall–Kier alpha value is -2.87. The number of para-hydroxylation sites is 1. The van der Waals surface area contributed by atoms with Crippen molar-refractivity contribution in [1.82, 2.24) is 9.62 Å². The summed E-state index contributed by atoms with van der Waals surface area (Å²) in [6.07, 6.45) is 0.294. The molecule has 8 heteroatoms. The number of carbonyl (C=O) groups is 1. The number of halogens is 1. The zero-order chi connectivity index (χ0) is 23.4. The number of benzene rings is 3. The standard InChI is InChI=1S/C25H25ClN2O4S/c1-2-32-24-10-6-5-8-19(24)16-27-25(29)23-15-18-7-3-4-9-20(18)17-28(23)33(30,31)22-13-11-21(26)12-14-22/h3-14,23H,2,15-17H2,1H3,(H,27,29)/t23-/m1/s1. The highest BCUT2D eigenvalue weighted by Crippen LogP contribution is 2.30. The Morgan fingerprint density at radius 2 is 1.70 bits per heavy atom. The van der Waals surface area contributed by atoms with Crippen LogP contribution >= 0.6 is 11.6 Å². The molecule has 0 aromatic heterocycles. The summed E-state index contributed by atoms with van der Waals surface area (Å²) in [7, 11) is -3.93. The number of ether oxygens (including phenoxy) is 1. The molecule has 6 nitrogen and oxygen atoms in total. The van der Waals surface area contributed by atoms with Crippen molar-refractivity contribution in [1.29, 1.82) is 0 Å². The number of nitrogens with one attached hydrogen (secondary N) is 1. The second-order valence-corrected chi connectivity index (χ2v) is 10.1. The SMILES string of the molecule is CCOc1ccccc1CNC(=O)[C@H]1Cc2ccccc2CN1S(=O)(=O)c1ccc(Cl)cc1. The maximum atomic E-state index is 13.5. The minimum atomic E-state index is -3.93. The molecule has 0 saturated heterocycles. The fraction of sp³-hybridized carbons (Fsp3) is 0.240. The van der Waals surface area contributed by atoms with Crippen molar-refractivity contribution in [3.05, 3.63) is 94.5 Å². The van der Waals surface area contributed by atoms with E-state index in [0.29, 0.717) is 23.8 Å². The third kappa shape index (κ3) is 5.05. The van der Waals surface area contributed by atoms with Gasteiger partial charge in [-0.15, -0.1) is 0 Å². The predicted octanol–water partition coefficient (Wildman–Crippen LogP) is 4.17. The van der Waals surface area contributed by atoms with Crippen LogP contribution in [0.3, 0.4) is 0 Å². The molecule has 1 aliphatic heterocycles. The lowest BCUT2D eigenvalue weighted by Gasteiger charge is -2.35. The van der Waals surface area contributed by atoms with Gasteiger partial charge < -0.3 is 10.1 Å². The maximum absolute atomic E-state index is 13.5. The summed E-state index contributed by atoms with van der Waals surface area (Å²) in [4.78, 5) is 13.4. The molecule has 0 unspecified atom stereocenters. The highest BCUT2D eigenvalue weighted by molar-refractivity contribution is 7.89. The van der Waals surface area contributed by atoms with Gasteiger partial charge in [-0.3, -0.25) is 4.79 Å². The molecule has 0 saturated carbocycles. The number of nitrogens with zero attached hydrogens (tertiary/aromatic N) is 1. The van der Waals surface area contributed by atoms with E-state index in [2.05, 4.69) is 5.32 Å². The molecule has 172 valence electrons. The molecule has 3 aromatic carbocycles. The van der Waals surface area contributed by atoms with E-state index in [4.69, 9.17) is 16.3 Å². The van der Waals surface area contributed by atoms with E-state index in [9.17, 15) is 13.2 Å². The van der Waals surface area contributed by atoms with Crippen molar-refractivity contribution < 1.29 is 17.9 Å². The van der Waals surface area contributed by atoms with Crippen LogP contribution in [0.2, 0.25) is 5.02 Å². The highest BCUT2D eigenvalue weighted by Gasteiger charge is 2.39. The van der Waals surface area contributed by atoms with Gasteiger partial charge in [-0.05, 0) is 54.8 Å². The van der Waals surface area contributed by atoms with Crippen LogP contribution in [0.5, 0.6) is 5.75 Å². The van der Waals surface area contributed by atoms with E-state index in [1.807, 2.05) is 55.5 Å². The summed E-state index contributed by atoms with van der Waals surface area (Å²) in [5.74, 6) is 0.341. The lowest BCUT2D eigenvalue weighted by Crippen LogP contribution is -2.52. The Kier molecular flexibility index (Phi) is 7.02. The van der Waals surface area contributed by atoms with Crippen LogP contribution < -0.4 is 10.1 Å². The highest BCUT2D eigenvalue weighted by atomic mass is 35.5. The average molecular weight is 485 g/mol. The predicted molar refractivity (Wildman–Crippen MR) is 128 cm³/mol. The molecule has 0 aliphatic carbocycles. The number of carbonyl (C=O) groups excluding carboxylic acids is 1. The second kappa shape index (κ2) is 9.95. The number of hydrogen-bond acceptors (Lipinski definition) is 4. The third-order valence-electron chi connectivity index (χ3n) is 5.65. The van der Waals surface area contributed by atoms with Crippen molar-refractivity contribution in [2.45, 2.75) is 37.4 Å². The van der Waals surface area contributed by atoms with Crippen molar-refractivity contribution in [3.63, 3.8) is 0 Å². The zero-order valence-corrected chi connectivity index (χ0v) is 19.8. The van der Waals surface area contributed by atoms with Crippen molar-refractivity contribution >= 4 is 27.5 Å². The first-order chi connectivity index (χ1) is 15.9. The molecule has 3 aromatic rings. The van der Waals surface area contributed by atoms with Gasteiger partial charge in [0, 0.05) is 23.7 Å². The molecule has 0 fully saturated rings. The summed E-state index contributed by atoms with van der Waals surface area (Å²) in [6.45, 7) is 2.77. The topological polar surface area (TPSA) is 75.7 Å². The van der Waals surface area contributed by atoms with Gasteiger partial charge in [-0.25, -0.2) is 8.42 Å². The van der Waals surface area contributed by atoms with Gasteiger partial charge in [-0.2, -0.15) is 4.31 Å². The molecule has 1 heterocycles. The molecular weight excluding hydrogens is 460 g/mol. The largest absolute Gasteiger partial charge is 0.494 e. The molecule has 1 N–H and O–H groups in total. The fourth-order valence-electron chi connectivity index (χ4n) is 3.96. The molecular formula is C25H25ClN2O4S. The number of sulfonamides is 1. The zero-order valence-electron chi connectivity index (χ0n) is 18.2. The molecule has 1 amide bonds. The molecule has 0 bridgehead atoms. The van der Waals surface area contributed by atoms with E-state index in [1.165, 1.54) is 28.6 Å². The van der Waals surface area contributed by atoms with E-state index < -0.39 is 16.1 Å². The monoisotopic (exact) mass is 484 g/mol. The molecule has 0 radical (unpaired) electrons. The number of rotatable bonds is 7. The Balaban J connectivity index is 1.62. The Morgan fingerprint density at radius 1 is 1.03 bits per heavy atom. The van der Waals surface area contributed by atoms with Crippen LogP contribution in [-0.2, 0) is 34.3 Å². The lowest BCUT2D eigenvalue weighted by molar-refractivity contribution is -0.125. The minimum absolute atomic E-state index is 0.103. The summed E-state index contributed by atoms with van der Waals surface area (Å²) in [6, 6.07) is 20.2. The fourth-order valence-corrected chi connectivity index (χ4v) is 5.65. The first-order valence-corrected chi connectivity index (χ1v) is 12.5. The number of fused-ring (bicyclic) bond motifs is 1. The summed E-state index contributed by atoms with van der Waals surface area (Å²) < 4.78 is 34.0. The molecule has 33 heavy (non-hydrogen) atoms. The van der Waals surface area contributed by atoms with Gasteiger partial charge >= 0.3 is 0 Å². The first kappa shape index (κ1) is 23.3. The summed E-state index contributed by atoms with van der Waals surface area (Å²) in [5, 5.41) is 3.36. The van der Waals surface area contributed by atoms with Gasteiger partial charge in [0.25, 0.3) is 0 Å². The molecule has 1 aliphatic rings. The van der Waals surface area contributed by atoms with Crippen LogP contribution in [-0.4, -0.2) is 31.3 Å². The Bertz CT molecular complexity index is 1250. The smallest absolute Gasteiger partial charge is 0.244 e. The first-order valence-electron chi connectivity index (χ1n) is 10.7. The third-order valence-corrected chi connectivity index (χ3v) is 7.77. The van der Waals surface area contributed by atoms with Crippen LogP contribution in [0, 0.1) is 0 Å². The van der Waals surface area contributed by atoms with Gasteiger partial charge in [0.1, 0.15) is 11.8 Å². The summed E-state index contributed by atoms with van der Waals surface area (Å²) >= 11 is 5.95. The van der Waals surface area contributed by atoms with E-state index in [-0.39, 0.29) is 23.9 Å². The van der Waals surface area contributed by atoms with Crippen LogP contribution in [0.25, 0.3) is 0 Å². The maximum Gasteiger partial charge on any atom is 0.244 e. The van der Waals surface area contributed by atoms with Gasteiger partial charge in [0.15, 0.2) is 0 Å². The molecule has 4 rings (SSSR count). The summed E-state index contributed by atoms with van der Waals surface area (Å²) in [5.41, 5.74) is 2.69. The second-order valence-electron chi connectivity index (χ2n) is 7.75.